The highest BCUT2D eigenvalue weighted by atomic mass is 14.2. The van der Waals surface area contributed by atoms with Crippen LogP contribution in [0.1, 0.15) is 35.1 Å². The lowest BCUT2D eigenvalue weighted by molar-refractivity contribution is 0.809. The van der Waals surface area contributed by atoms with E-state index in [0.29, 0.717) is 0 Å². The van der Waals surface area contributed by atoms with E-state index in [1.807, 2.05) is 6.07 Å². The van der Waals surface area contributed by atoms with E-state index in [0.717, 1.165) is 6.42 Å². The maximum absolute atomic E-state index is 3.38. The second-order valence-corrected chi connectivity index (χ2v) is 7.15. The van der Waals surface area contributed by atoms with Crippen molar-refractivity contribution in [1.82, 2.24) is 0 Å². The molecule has 0 spiro atoms. The molecule has 0 amide bonds. The molecule has 0 bridgehead atoms. The van der Waals surface area contributed by atoms with Gasteiger partial charge in [0.25, 0.3) is 0 Å². The minimum Gasteiger partial charge on any atom is -0.0722 e. The van der Waals surface area contributed by atoms with Crippen LogP contribution in [0.25, 0.3) is 11.6 Å². The summed E-state index contributed by atoms with van der Waals surface area (Å²) in [5.74, 6) is 0. The van der Waals surface area contributed by atoms with Crippen molar-refractivity contribution in [1.29, 1.82) is 0 Å². The second kappa shape index (κ2) is 5.74. The average molecular weight is 321 g/mol. The SMILES string of the molecule is Cc1[c]cccc1C1=c2ccc3c(c2CCC1)CC=c1ccccc1=3. The molecule has 0 aromatic heterocycles. The summed E-state index contributed by atoms with van der Waals surface area (Å²) in [5, 5.41) is 5.68. The fourth-order valence-corrected chi connectivity index (χ4v) is 4.58. The Kier molecular flexibility index (Phi) is 3.38. The van der Waals surface area contributed by atoms with Crippen molar-refractivity contribution in [2.24, 2.45) is 0 Å². The van der Waals surface area contributed by atoms with Crippen LogP contribution in [0.5, 0.6) is 0 Å². The van der Waals surface area contributed by atoms with Crippen molar-refractivity contribution in [2.75, 3.05) is 0 Å². The normalized spacial score (nSPS) is 15.0. The van der Waals surface area contributed by atoms with Crippen molar-refractivity contribution in [3.63, 3.8) is 0 Å². The Labute approximate surface area is 148 Å². The Hall–Kier alpha value is -2.60. The smallest absolute Gasteiger partial charge is 0.00791 e. The maximum atomic E-state index is 3.38. The Morgan fingerprint density at radius 2 is 1.68 bits per heavy atom. The van der Waals surface area contributed by atoms with Gasteiger partial charge in [-0.05, 0) is 87.4 Å². The molecule has 0 unspecified atom stereocenters. The number of benzene rings is 3. The Bertz CT molecular complexity index is 1200. The average Bonchev–Trinajstić information content (AvgIpc) is 2.67. The molecule has 3 aromatic rings. The Morgan fingerprint density at radius 3 is 2.60 bits per heavy atom. The largest absolute Gasteiger partial charge is 0.0722 e. The summed E-state index contributed by atoms with van der Waals surface area (Å²) in [7, 11) is 0. The number of aryl methyl sites for hydroxylation is 1. The van der Waals surface area contributed by atoms with Crippen LogP contribution < -0.4 is 10.4 Å². The van der Waals surface area contributed by atoms with E-state index in [-0.39, 0.29) is 0 Å². The molecule has 2 aliphatic carbocycles. The molecule has 0 N–H and O–H groups in total. The van der Waals surface area contributed by atoms with Crippen LogP contribution in [0.4, 0.5) is 0 Å². The summed E-state index contributed by atoms with van der Waals surface area (Å²) >= 11 is 0. The number of fused-ring (bicyclic) bond motifs is 4. The third-order valence-corrected chi connectivity index (χ3v) is 5.77. The van der Waals surface area contributed by atoms with Crippen LogP contribution in [0, 0.1) is 23.4 Å². The minimum absolute atomic E-state index is 1.06. The van der Waals surface area contributed by atoms with Gasteiger partial charge >= 0.3 is 0 Å². The quantitative estimate of drug-likeness (QED) is 0.636. The summed E-state index contributed by atoms with van der Waals surface area (Å²) in [6.45, 7) is 2.18. The lowest BCUT2D eigenvalue weighted by atomic mass is 9.83. The van der Waals surface area contributed by atoms with Crippen LogP contribution in [0.2, 0.25) is 0 Å². The molecule has 5 rings (SSSR count). The van der Waals surface area contributed by atoms with Crippen molar-refractivity contribution in [2.45, 2.75) is 32.6 Å². The lowest BCUT2D eigenvalue weighted by Gasteiger charge is -2.21. The monoisotopic (exact) mass is 321 g/mol. The predicted molar refractivity (Wildman–Crippen MR) is 103 cm³/mol. The highest BCUT2D eigenvalue weighted by molar-refractivity contribution is 5.70. The maximum Gasteiger partial charge on any atom is -0.00791 e. The zero-order valence-electron chi connectivity index (χ0n) is 14.6. The molecule has 0 heteroatoms. The van der Waals surface area contributed by atoms with Gasteiger partial charge in [0, 0.05) is 0 Å². The molecule has 2 aliphatic rings. The van der Waals surface area contributed by atoms with E-state index in [9.17, 15) is 0 Å². The van der Waals surface area contributed by atoms with Gasteiger partial charge in [-0.25, -0.2) is 0 Å². The van der Waals surface area contributed by atoms with E-state index in [4.69, 9.17) is 0 Å². The van der Waals surface area contributed by atoms with Gasteiger partial charge in [0.1, 0.15) is 0 Å². The van der Waals surface area contributed by atoms with Gasteiger partial charge in [0.2, 0.25) is 0 Å². The van der Waals surface area contributed by atoms with Crippen molar-refractivity contribution in [3.05, 3.63) is 104 Å². The van der Waals surface area contributed by atoms with Gasteiger partial charge in [0.05, 0.1) is 0 Å². The van der Waals surface area contributed by atoms with Crippen molar-refractivity contribution < 1.29 is 0 Å². The van der Waals surface area contributed by atoms with E-state index in [2.05, 4.69) is 67.6 Å². The van der Waals surface area contributed by atoms with Crippen molar-refractivity contribution >= 4 is 11.6 Å². The fourth-order valence-electron chi connectivity index (χ4n) is 4.58. The summed E-state index contributed by atoms with van der Waals surface area (Å²) in [6, 6.07) is 23.3. The van der Waals surface area contributed by atoms with Crippen LogP contribution >= 0.6 is 0 Å². The van der Waals surface area contributed by atoms with Gasteiger partial charge in [0.15, 0.2) is 0 Å². The topological polar surface area (TPSA) is 0 Å². The minimum atomic E-state index is 1.06. The van der Waals surface area contributed by atoms with Gasteiger partial charge in [-0.15, -0.1) is 0 Å². The molecule has 121 valence electrons. The molecule has 0 atom stereocenters. The summed E-state index contributed by atoms with van der Waals surface area (Å²) in [5.41, 5.74) is 7.28. The van der Waals surface area contributed by atoms with E-state index >= 15 is 0 Å². The molecule has 25 heavy (non-hydrogen) atoms. The highest BCUT2D eigenvalue weighted by Crippen LogP contribution is 2.27. The van der Waals surface area contributed by atoms with Gasteiger partial charge in [-0.3, -0.25) is 0 Å². The first-order valence-corrected chi connectivity index (χ1v) is 9.24. The Morgan fingerprint density at radius 1 is 0.800 bits per heavy atom. The lowest BCUT2D eigenvalue weighted by Crippen LogP contribution is -2.23. The second-order valence-electron chi connectivity index (χ2n) is 7.15. The number of hydrogen-bond donors (Lipinski definition) is 0. The summed E-state index contributed by atoms with van der Waals surface area (Å²) in [4.78, 5) is 0. The van der Waals surface area contributed by atoms with Crippen molar-refractivity contribution in [3.8, 4) is 0 Å². The van der Waals surface area contributed by atoms with Crippen LogP contribution in [-0.2, 0) is 12.8 Å². The highest BCUT2D eigenvalue weighted by Gasteiger charge is 2.17. The molecule has 0 saturated heterocycles. The standard InChI is InChI=1S/C25H21/c1-17-7-2-4-9-19(17)21-11-6-12-22-24-14-13-18-8-3-5-10-20(18)23(24)15-16-25(21)22/h2-5,8-10,13,15-16H,6,11-12,14H2,1H3. The Balaban J connectivity index is 1.90. The number of rotatable bonds is 1. The summed E-state index contributed by atoms with van der Waals surface area (Å²) in [6.07, 6.45) is 7.07. The molecule has 0 aliphatic heterocycles. The zero-order chi connectivity index (χ0) is 16.8. The van der Waals surface area contributed by atoms with Gasteiger partial charge < -0.3 is 0 Å². The molecule has 0 fully saturated rings. The first-order chi connectivity index (χ1) is 12.3. The first kappa shape index (κ1) is 14.7. The number of hydrogen-bond acceptors (Lipinski definition) is 0. The molecule has 0 nitrogen and oxygen atoms in total. The predicted octanol–water partition coefficient (Wildman–Crippen LogP) is 3.95. The molecular formula is C25H21. The van der Waals surface area contributed by atoms with Gasteiger partial charge in [-0.1, -0.05) is 60.7 Å². The molecule has 1 radical (unpaired) electrons. The molecule has 0 heterocycles. The van der Waals surface area contributed by atoms with E-state index in [1.54, 1.807) is 11.1 Å². The third-order valence-electron chi connectivity index (χ3n) is 5.77. The van der Waals surface area contributed by atoms with E-state index < -0.39 is 0 Å². The van der Waals surface area contributed by atoms with E-state index in [1.165, 1.54) is 56.8 Å². The first-order valence-electron chi connectivity index (χ1n) is 9.24. The molecular weight excluding hydrogens is 300 g/mol. The van der Waals surface area contributed by atoms with Crippen LogP contribution in [-0.4, -0.2) is 0 Å². The molecule has 0 saturated carbocycles. The fraction of sp³-hybridized carbons (Fsp3) is 0.200. The molecule has 3 aromatic carbocycles. The third kappa shape index (κ3) is 2.28. The van der Waals surface area contributed by atoms with Crippen LogP contribution in [0.3, 0.4) is 0 Å². The summed E-state index contributed by atoms with van der Waals surface area (Å²) < 4.78 is 0. The van der Waals surface area contributed by atoms with Gasteiger partial charge in [-0.2, -0.15) is 0 Å². The van der Waals surface area contributed by atoms with Crippen LogP contribution in [0.15, 0.2) is 54.6 Å². The zero-order valence-corrected chi connectivity index (χ0v) is 14.6.